The molecule has 1 saturated heterocycles. The van der Waals surface area contributed by atoms with Gasteiger partial charge in [0.05, 0.1) is 13.1 Å². The van der Waals surface area contributed by atoms with E-state index in [0.717, 1.165) is 29.2 Å². The summed E-state index contributed by atoms with van der Waals surface area (Å²) < 4.78 is 19.1. The summed E-state index contributed by atoms with van der Waals surface area (Å²) >= 11 is 0. The number of hydrogen-bond donors (Lipinski definition) is 1. The lowest BCUT2D eigenvalue weighted by Crippen LogP contribution is -2.52. The number of aromatic nitrogens is 2. The first-order valence-electron chi connectivity index (χ1n) is 12.9. The summed E-state index contributed by atoms with van der Waals surface area (Å²) in [6.07, 6.45) is 3.73. The van der Waals surface area contributed by atoms with E-state index in [1.807, 2.05) is 68.6 Å². The Balaban J connectivity index is 1.41. The summed E-state index contributed by atoms with van der Waals surface area (Å²) in [4.78, 5) is 20.7. The third-order valence-electron chi connectivity index (χ3n) is 6.67. The summed E-state index contributed by atoms with van der Waals surface area (Å²) in [5.74, 6) is 2.29. The number of methoxy groups -OCH3 is 1. The molecule has 0 bridgehead atoms. The third kappa shape index (κ3) is 7.80. The minimum Gasteiger partial charge on any atom is -0.492 e. The van der Waals surface area contributed by atoms with Crippen LogP contribution in [0.25, 0.3) is 0 Å². The topological polar surface area (TPSA) is 89.3 Å². The zero-order valence-electron chi connectivity index (χ0n) is 22.5. The van der Waals surface area contributed by atoms with Crippen LogP contribution in [-0.4, -0.2) is 89.1 Å². The Morgan fingerprint density at radius 2 is 1.87 bits per heavy atom. The third-order valence-corrected chi connectivity index (χ3v) is 6.67. The van der Waals surface area contributed by atoms with Crippen LogP contribution in [0.15, 0.2) is 60.9 Å². The number of benzene rings is 2. The van der Waals surface area contributed by atoms with Crippen molar-refractivity contribution in [1.29, 1.82) is 0 Å². The average molecular weight is 523 g/mol. The first-order valence-corrected chi connectivity index (χ1v) is 12.9. The summed E-state index contributed by atoms with van der Waals surface area (Å²) in [7, 11) is 1.50. The van der Waals surface area contributed by atoms with Crippen molar-refractivity contribution in [3.05, 3.63) is 77.9 Å². The standard InChI is InChI=1S/C29H38N4O5/c1-23-7-9-26(10-8-23)38-22-29(35)20-31(13-14-33(21-29)28(34)19-36-3)18-25-5-4-6-27(17-25)37-16-15-32-12-11-30-24(32)2/h4-12,17,35H,13-16,18-22H2,1-3H3. The molecule has 38 heavy (non-hydrogen) atoms. The molecule has 1 aliphatic rings. The van der Waals surface area contributed by atoms with Crippen molar-refractivity contribution in [3.63, 3.8) is 0 Å². The molecule has 1 N–H and O–H groups in total. The van der Waals surface area contributed by atoms with Crippen molar-refractivity contribution in [2.75, 3.05) is 53.1 Å². The molecule has 3 aromatic rings. The Labute approximate surface area is 224 Å². The van der Waals surface area contributed by atoms with Gasteiger partial charge in [-0.05, 0) is 43.7 Å². The van der Waals surface area contributed by atoms with Crippen molar-refractivity contribution in [1.82, 2.24) is 19.4 Å². The molecule has 1 unspecified atom stereocenters. The molecule has 9 nitrogen and oxygen atoms in total. The maximum absolute atomic E-state index is 12.7. The van der Waals surface area contributed by atoms with Gasteiger partial charge in [0.1, 0.15) is 42.7 Å². The van der Waals surface area contributed by atoms with Crippen molar-refractivity contribution in [2.24, 2.45) is 0 Å². The molecule has 2 heterocycles. The van der Waals surface area contributed by atoms with E-state index < -0.39 is 5.60 Å². The molecule has 9 heteroatoms. The number of imidazole rings is 1. The van der Waals surface area contributed by atoms with Gasteiger partial charge in [-0.25, -0.2) is 4.98 Å². The number of aliphatic hydroxyl groups is 1. The van der Waals surface area contributed by atoms with Gasteiger partial charge < -0.3 is 28.8 Å². The van der Waals surface area contributed by atoms with E-state index >= 15 is 0 Å². The number of β-amino-alcohol motifs (C(OH)–C–C–N with tert-alkyl or cyclic N) is 1. The van der Waals surface area contributed by atoms with Crippen LogP contribution in [-0.2, 0) is 22.6 Å². The molecule has 0 aliphatic carbocycles. The maximum Gasteiger partial charge on any atom is 0.248 e. The first-order chi connectivity index (χ1) is 18.3. The molecule has 0 radical (unpaired) electrons. The fourth-order valence-electron chi connectivity index (χ4n) is 4.64. The van der Waals surface area contributed by atoms with Crippen LogP contribution in [0.3, 0.4) is 0 Å². The average Bonchev–Trinajstić information content (AvgIpc) is 3.22. The van der Waals surface area contributed by atoms with Crippen LogP contribution < -0.4 is 9.47 Å². The molecule has 4 rings (SSSR count). The Bertz CT molecular complexity index is 1180. The Morgan fingerprint density at radius 3 is 2.61 bits per heavy atom. The molecular formula is C29H38N4O5. The zero-order chi connectivity index (χ0) is 27.0. The number of nitrogens with zero attached hydrogens (tertiary/aromatic N) is 4. The molecule has 1 amide bonds. The largest absolute Gasteiger partial charge is 0.492 e. The fourth-order valence-corrected chi connectivity index (χ4v) is 4.64. The smallest absolute Gasteiger partial charge is 0.248 e. The number of aryl methyl sites for hydroxylation is 2. The van der Waals surface area contributed by atoms with E-state index in [2.05, 4.69) is 14.5 Å². The fraction of sp³-hybridized carbons (Fsp3) is 0.448. The molecule has 1 aromatic heterocycles. The first kappa shape index (κ1) is 27.6. The van der Waals surface area contributed by atoms with Gasteiger partial charge in [0.2, 0.25) is 5.91 Å². The summed E-state index contributed by atoms with van der Waals surface area (Å²) in [5.41, 5.74) is 0.956. The second-order valence-corrected chi connectivity index (χ2v) is 9.95. The minimum absolute atomic E-state index is 0.0210. The van der Waals surface area contributed by atoms with Crippen LogP contribution in [0.5, 0.6) is 11.5 Å². The number of carbonyl (C=O) groups is 1. The van der Waals surface area contributed by atoms with Gasteiger partial charge in [-0.15, -0.1) is 0 Å². The molecule has 1 atom stereocenters. The number of hydrogen-bond acceptors (Lipinski definition) is 7. The van der Waals surface area contributed by atoms with Gasteiger partial charge in [-0.2, -0.15) is 0 Å². The highest BCUT2D eigenvalue weighted by molar-refractivity contribution is 5.77. The zero-order valence-corrected chi connectivity index (χ0v) is 22.5. The predicted molar refractivity (Wildman–Crippen MR) is 144 cm³/mol. The van der Waals surface area contributed by atoms with E-state index in [1.54, 1.807) is 11.1 Å². The summed E-state index contributed by atoms with van der Waals surface area (Å²) in [6.45, 7) is 7.56. The van der Waals surface area contributed by atoms with E-state index in [0.29, 0.717) is 38.5 Å². The quantitative estimate of drug-likeness (QED) is 0.414. The Morgan fingerprint density at radius 1 is 1.05 bits per heavy atom. The second kappa shape index (κ2) is 12.9. The van der Waals surface area contributed by atoms with Crippen LogP contribution in [0.2, 0.25) is 0 Å². The lowest BCUT2D eigenvalue weighted by Gasteiger charge is -2.33. The summed E-state index contributed by atoms with van der Waals surface area (Å²) in [5, 5.41) is 11.7. The number of amides is 1. The lowest BCUT2D eigenvalue weighted by molar-refractivity contribution is -0.138. The molecule has 2 aromatic carbocycles. The van der Waals surface area contributed by atoms with Crippen molar-refractivity contribution in [3.8, 4) is 11.5 Å². The van der Waals surface area contributed by atoms with Gasteiger partial charge in [0.25, 0.3) is 0 Å². The monoisotopic (exact) mass is 522 g/mol. The van der Waals surface area contributed by atoms with E-state index in [-0.39, 0.29) is 25.7 Å². The highest BCUT2D eigenvalue weighted by atomic mass is 16.5. The van der Waals surface area contributed by atoms with E-state index in [4.69, 9.17) is 14.2 Å². The van der Waals surface area contributed by atoms with Crippen LogP contribution in [0.1, 0.15) is 17.0 Å². The van der Waals surface area contributed by atoms with Crippen molar-refractivity contribution < 1.29 is 24.1 Å². The van der Waals surface area contributed by atoms with E-state index in [9.17, 15) is 9.90 Å². The number of carbonyl (C=O) groups excluding carboxylic acids is 1. The second-order valence-electron chi connectivity index (χ2n) is 9.95. The normalized spacial score (nSPS) is 18.3. The van der Waals surface area contributed by atoms with Crippen LogP contribution in [0, 0.1) is 13.8 Å². The molecular weight excluding hydrogens is 484 g/mol. The van der Waals surface area contributed by atoms with Crippen LogP contribution in [0.4, 0.5) is 0 Å². The van der Waals surface area contributed by atoms with Gasteiger partial charge >= 0.3 is 0 Å². The number of rotatable bonds is 11. The predicted octanol–water partition coefficient (Wildman–Crippen LogP) is 2.68. The SMILES string of the molecule is COCC(=O)N1CCN(Cc2cccc(OCCn3ccnc3C)c2)CC(O)(COc2ccc(C)cc2)C1. The van der Waals surface area contributed by atoms with Crippen molar-refractivity contribution >= 4 is 5.91 Å². The van der Waals surface area contributed by atoms with E-state index in [1.165, 1.54) is 7.11 Å². The Hall–Kier alpha value is -3.40. The van der Waals surface area contributed by atoms with Gasteiger partial charge in [0.15, 0.2) is 0 Å². The summed E-state index contributed by atoms with van der Waals surface area (Å²) in [6, 6.07) is 15.7. The Kier molecular flexibility index (Phi) is 9.38. The van der Waals surface area contributed by atoms with Gasteiger partial charge in [-0.3, -0.25) is 9.69 Å². The van der Waals surface area contributed by atoms with Gasteiger partial charge in [-0.1, -0.05) is 29.8 Å². The van der Waals surface area contributed by atoms with Crippen molar-refractivity contribution in [2.45, 2.75) is 32.5 Å². The highest BCUT2D eigenvalue weighted by Gasteiger charge is 2.37. The maximum atomic E-state index is 12.7. The van der Waals surface area contributed by atoms with Gasteiger partial charge in [0, 0.05) is 45.7 Å². The highest BCUT2D eigenvalue weighted by Crippen LogP contribution is 2.22. The number of ether oxygens (including phenoxy) is 3. The molecule has 0 saturated carbocycles. The molecule has 0 spiro atoms. The molecule has 1 aliphatic heterocycles. The minimum atomic E-state index is -1.25. The lowest BCUT2D eigenvalue weighted by atomic mass is 10.0. The van der Waals surface area contributed by atoms with Crippen LogP contribution >= 0.6 is 0 Å². The molecule has 204 valence electrons. The molecule has 1 fully saturated rings.